The predicted octanol–water partition coefficient (Wildman–Crippen LogP) is 0.748. The fraction of sp³-hybridized carbons (Fsp3) is 0.125. The van der Waals surface area contributed by atoms with Crippen LogP contribution < -0.4 is 4.34 Å². The van der Waals surface area contributed by atoms with Crippen molar-refractivity contribution < 1.29 is 14.7 Å². The average Bonchev–Trinajstić information content (AvgIpc) is 2.18. The van der Waals surface area contributed by atoms with Gasteiger partial charge in [-0.3, -0.25) is 14.1 Å². The lowest BCUT2D eigenvalue weighted by atomic mass is 10.1. The summed E-state index contributed by atoms with van der Waals surface area (Å²) < 4.78 is 2.26. The lowest BCUT2D eigenvalue weighted by Gasteiger charge is -1.99. The number of rotatable bonds is 3. The molecule has 0 aromatic carbocycles. The van der Waals surface area contributed by atoms with E-state index in [-0.39, 0.29) is 17.9 Å². The predicted molar refractivity (Wildman–Crippen MR) is 52.0 cm³/mol. The van der Waals surface area contributed by atoms with Crippen molar-refractivity contribution in [3.05, 3.63) is 29.6 Å². The molecule has 2 N–H and O–H groups in total. The Morgan fingerprint density at radius 2 is 2.21 bits per heavy atom. The van der Waals surface area contributed by atoms with Crippen LogP contribution in [0.3, 0.4) is 0 Å². The number of nitrogens with one attached hydrogen (secondary N) is 1. The third-order valence-electron chi connectivity index (χ3n) is 1.51. The number of aromatic carboxylic acids is 1. The molecule has 0 saturated heterocycles. The lowest BCUT2D eigenvalue weighted by molar-refractivity contribution is -0.118. The Bertz CT molecular complexity index is 367. The second-order valence-electron chi connectivity index (χ2n) is 2.58. The first-order valence-corrected chi connectivity index (χ1v) is 4.49. The number of pyridine rings is 1. The molecule has 1 rings (SSSR count). The van der Waals surface area contributed by atoms with Gasteiger partial charge in [-0.25, -0.2) is 4.79 Å². The van der Waals surface area contributed by atoms with E-state index in [0.29, 0.717) is 5.56 Å². The molecule has 1 heterocycles. The topological polar surface area (TPSA) is 79.3 Å². The molecule has 0 atom stereocenters. The Kier molecular flexibility index (Phi) is 3.58. The summed E-state index contributed by atoms with van der Waals surface area (Å²) in [5.74, 6) is -1.31. The Balaban J connectivity index is 2.83. The summed E-state index contributed by atoms with van der Waals surface area (Å²) in [7, 11) is 0. The normalized spacial score (nSPS) is 9.50. The van der Waals surface area contributed by atoms with Gasteiger partial charge in [0, 0.05) is 28.5 Å². The molecule has 0 saturated carbocycles. The smallest absolute Gasteiger partial charge is 0.337 e. The monoisotopic (exact) mass is 258 g/mol. The van der Waals surface area contributed by atoms with E-state index >= 15 is 0 Å². The van der Waals surface area contributed by atoms with Gasteiger partial charge in [0.2, 0.25) is 5.91 Å². The Labute approximate surface area is 88.5 Å². The van der Waals surface area contributed by atoms with Gasteiger partial charge in [-0.15, -0.1) is 0 Å². The van der Waals surface area contributed by atoms with Crippen LogP contribution in [0.1, 0.15) is 15.9 Å². The summed E-state index contributed by atoms with van der Waals surface area (Å²) in [6.45, 7) is 0. The van der Waals surface area contributed by atoms with Gasteiger partial charge in [-0.05, 0) is 11.6 Å². The van der Waals surface area contributed by atoms with Crippen LogP contribution in [0, 0.1) is 0 Å². The Morgan fingerprint density at radius 3 is 2.79 bits per heavy atom. The van der Waals surface area contributed by atoms with E-state index in [1.165, 1.54) is 18.5 Å². The first kappa shape index (κ1) is 10.6. The molecule has 14 heavy (non-hydrogen) atoms. The van der Waals surface area contributed by atoms with Crippen LogP contribution in [0.2, 0.25) is 0 Å². The minimum Gasteiger partial charge on any atom is -0.478 e. The van der Waals surface area contributed by atoms with E-state index in [1.54, 1.807) is 0 Å². The van der Waals surface area contributed by atoms with E-state index in [1.807, 2.05) is 0 Å². The molecule has 0 radical (unpaired) electrons. The van der Waals surface area contributed by atoms with E-state index in [2.05, 4.69) is 25.5 Å². The molecule has 0 aliphatic rings. The lowest BCUT2D eigenvalue weighted by Crippen LogP contribution is -2.14. The van der Waals surface area contributed by atoms with Crippen molar-refractivity contribution in [1.29, 1.82) is 0 Å². The number of carbonyl (C=O) groups excluding carboxylic acids is 1. The number of carboxylic acid groups (broad SMARTS) is 1. The number of carbonyl (C=O) groups is 2. The second kappa shape index (κ2) is 4.71. The summed E-state index contributed by atoms with van der Waals surface area (Å²) in [6, 6.07) is 1.41. The highest BCUT2D eigenvalue weighted by Crippen LogP contribution is 2.03. The van der Waals surface area contributed by atoms with E-state index in [4.69, 9.17) is 5.11 Å². The molecule has 0 spiro atoms. The maximum atomic E-state index is 10.9. The van der Waals surface area contributed by atoms with Crippen LogP contribution in [-0.2, 0) is 11.2 Å². The molecule has 1 aromatic heterocycles. The maximum absolute atomic E-state index is 10.9. The third kappa shape index (κ3) is 2.81. The molecule has 5 nitrogen and oxygen atoms in total. The highest BCUT2D eigenvalue weighted by atomic mass is 79.9. The number of carboxylic acids is 1. The van der Waals surface area contributed by atoms with Crippen LogP contribution in [-0.4, -0.2) is 22.0 Å². The van der Waals surface area contributed by atoms with E-state index in [9.17, 15) is 9.59 Å². The average molecular weight is 259 g/mol. The fourth-order valence-corrected chi connectivity index (χ4v) is 1.06. The number of hydrogen-bond donors (Lipinski definition) is 2. The molecule has 0 aliphatic carbocycles. The summed E-state index contributed by atoms with van der Waals surface area (Å²) in [5, 5.41) is 8.65. The minimum absolute atomic E-state index is 0.0740. The van der Waals surface area contributed by atoms with Gasteiger partial charge in [-0.2, -0.15) is 0 Å². The maximum Gasteiger partial charge on any atom is 0.337 e. The van der Waals surface area contributed by atoms with E-state index in [0.717, 1.165) is 0 Å². The van der Waals surface area contributed by atoms with Crippen molar-refractivity contribution in [3.63, 3.8) is 0 Å². The molecule has 0 fully saturated rings. The third-order valence-corrected chi connectivity index (χ3v) is 1.95. The van der Waals surface area contributed by atoms with Crippen molar-refractivity contribution >= 4 is 28.0 Å². The van der Waals surface area contributed by atoms with E-state index < -0.39 is 5.97 Å². The zero-order valence-corrected chi connectivity index (χ0v) is 8.61. The van der Waals surface area contributed by atoms with Crippen molar-refractivity contribution in [1.82, 2.24) is 9.33 Å². The highest BCUT2D eigenvalue weighted by molar-refractivity contribution is 9.08. The first-order valence-electron chi connectivity index (χ1n) is 3.70. The van der Waals surface area contributed by atoms with Gasteiger partial charge in [0.25, 0.3) is 0 Å². The van der Waals surface area contributed by atoms with Crippen LogP contribution in [0.4, 0.5) is 0 Å². The summed E-state index contributed by atoms with van der Waals surface area (Å²) >= 11 is 2.78. The van der Waals surface area contributed by atoms with Crippen molar-refractivity contribution in [2.45, 2.75) is 6.42 Å². The Hall–Kier alpha value is -1.43. The summed E-state index contributed by atoms with van der Waals surface area (Å²) in [5.41, 5.74) is 0.631. The molecular weight excluding hydrogens is 252 g/mol. The number of aromatic nitrogens is 1. The van der Waals surface area contributed by atoms with Gasteiger partial charge < -0.3 is 5.11 Å². The van der Waals surface area contributed by atoms with Gasteiger partial charge in [-0.1, -0.05) is 0 Å². The molecule has 1 aromatic rings. The molecule has 74 valence electrons. The van der Waals surface area contributed by atoms with Gasteiger partial charge in [0.15, 0.2) is 0 Å². The summed E-state index contributed by atoms with van der Waals surface area (Å²) in [6.07, 6.45) is 2.78. The van der Waals surface area contributed by atoms with Crippen molar-refractivity contribution in [3.8, 4) is 0 Å². The number of nitrogens with zero attached hydrogens (tertiary/aromatic N) is 1. The largest absolute Gasteiger partial charge is 0.478 e. The van der Waals surface area contributed by atoms with Gasteiger partial charge in [0.05, 0.1) is 12.0 Å². The minimum atomic E-state index is -1.06. The standard InChI is InChI=1S/C8H7BrN2O3/c9-11-7(12)2-5-1-6(8(13)14)4-10-3-5/h1,3-4H,2H2,(H,11,12)(H,13,14). The number of hydrogen-bond acceptors (Lipinski definition) is 3. The molecular formula is C8H7BrN2O3. The molecule has 0 unspecified atom stereocenters. The highest BCUT2D eigenvalue weighted by Gasteiger charge is 2.06. The molecule has 1 amide bonds. The molecule has 6 heteroatoms. The number of amides is 1. The van der Waals surface area contributed by atoms with Crippen molar-refractivity contribution in [2.75, 3.05) is 0 Å². The van der Waals surface area contributed by atoms with Crippen LogP contribution in [0.15, 0.2) is 18.5 Å². The second-order valence-corrected chi connectivity index (χ2v) is 2.98. The number of halogens is 1. The zero-order chi connectivity index (χ0) is 10.6. The quantitative estimate of drug-likeness (QED) is 0.785. The van der Waals surface area contributed by atoms with Gasteiger partial charge in [0.1, 0.15) is 0 Å². The van der Waals surface area contributed by atoms with Crippen molar-refractivity contribution in [2.24, 2.45) is 0 Å². The fourth-order valence-electron chi connectivity index (χ4n) is 0.920. The first-order chi connectivity index (χ1) is 6.63. The molecule has 0 bridgehead atoms. The van der Waals surface area contributed by atoms with Crippen LogP contribution in [0.5, 0.6) is 0 Å². The van der Waals surface area contributed by atoms with Crippen LogP contribution >= 0.6 is 16.1 Å². The van der Waals surface area contributed by atoms with Crippen LogP contribution in [0.25, 0.3) is 0 Å². The summed E-state index contributed by atoms with van der Waals surface area (Å²) in [4.78, 5) is 25.2. The Morgan fingerprint density at radius 1 is 1.50 bits per heavy atom. The SMILES string of the molecule is O=C(Cc1cncc(C(=O)O)c1)NBr. The molecule has 0 aliphatic heterocycles. The van der Waals surface area contributed by atoms with Gasteiger partial charge >= 0.3 is 5.97 Å². The zero-order valence-electron chi connectivity index (χ0n) is 7.03.